The molecule has 2 rings (SSSR count). The summed E-state index contributed by atoms with van der Waals surface area (Å²) in [6.07, 6.45) is 0.349. The van der Waals surface area contributed by atoms with Crippen LogP contribution in [0.25, 0.3) is 0 Å². The predicted molar refractivity (Wildman–Crippen MR) is 40.4 cm³/mol. The monoisotopic (exact) mass is 191 g/mol. The normalized spacial score (nSPS) is 40.7. The molecule has 3 nitrogen and oxygen atoms in total. The smallest absolute Gasteiger partial charge is 0.319 e. The Labute approximate surface area is 74.4 Å². The average molecular weight is 191 g/mol. The van der Waals surface area contributed by atoms with Gasteiger partial charge in [-0.25, -0.2) is 8.78 Å². The summed E-state index contributed by atoms with van der Waals surface area (Å²) in [4.78, 5) is 11.2. The van der Waals surface area contributed by atoms with Gasteiger partial charge in [-0.05, 0) is 13.0 Å². The Morgan fingerprint density at radius 3 is 2.85 bits per heavy atom. The molecule has 1 saturated heterocycles. The summed E-state index contributed by atoms with van der Waals surface area (Å²) >= 11 is 0. The molecule has 2 atom stereocenters. The minimum atomic E-state index is -2.87. The van der Waals surface area contributed by atoms with Crippen molar-refractivity contribution < 1.29 is 18.3 Å². The van der Waals surface area contributed by atoms with Crippen LogP contribution in [-0.2, 0) is 9.53 Å². The van der Waals surface area contributed by atoms with Crippen molar-refractivity contribution in [2.45, 2.75) is 12.3 Å². The first kappa shape index (κ1) is 8.87. The quantitative estimate of drug-likeness (QED) is 0.610. The molecule has 5 heteroatoms. The van der Waals surface area contributed by atoms with E-state index in [0.717, 1.165) is 7.11 Å². The van der Waals surface area contributed by atoms with Crippen molar-refractivity contribution in [2.24, 2.45) is 11.3 Å². The third-order valence-electron chi connectivity index (χ3n) is 3.11. The van der Waals surface area contributed by atoms with Crippen LogP contribution in [0.4, 0.5) is 8.78 Å². The van der Waals surface area contributed by atoms with Gasteiger partial charge in [-0.15, -0.1) is 0 Å². The Bertz CT molecular complexity index is 257. The van der Waals surface area contributed by atoms with Crippen LogP contribution >= 0.6 is 0 Å². The number of fused-ring (bicyclic) bond motifs is 1. The molecule has 0 bridgehead atoms. The number of nitrogens with one attached hydrogen (secondary N) is 1. The summed E-state index contributed by atoms with van der Waals surface area (Å²) in [5, 5.41) is 2.81. The number of rotatable bonds is 1. The number of halogens is 2. The van der Waals surface area contributed by atoms with Crippen LogP contribution in [0.1, 0.15) is 6.42 Å². The number of carbonyl (C=O) groups excluding carboxylic acids is 1. The molecule has 0 aromatic carbocycles. The average Bonchev–Trinajstić information content (AvgIpc) is 2.65. The zero-order valence-electron chi connectivity index (χ0n) is 7.27. The zero-order valence-corrected chi connectivity index (χ0v) is 7.27. The van der Waals surface area contributed by atoms with Gasteiger partial charge in [0.2, 0.25) is 0 Å². The Morgan fingerprint density at radius 2 is 2.31 bits per heavy atom. The Hall–Kier alpha value is -0.710. The van der Waals surface area contributed by atoms with Crippen LogP contribution in [0.3, 0.4) is 0 Å². The van der Waals surface area contributed by atoms with Crippen LogP contribution in [0.5, 0.6) is 0 Å². The molecule has 1 saturated carbocycles. The van der Waals surface area contributed by atoms with E-state index in [4.69, 9.17) is 0 Å². The number of esters is 1. The van der Waals surface area contributed by atoms with Crippen LogP contribution in [-0.4, -0.2) is 32.1 Å². The minimum Gasteiger partial charge on any atom is -0.468 e. The van der Waals surface area contributed by atoms with Gasteiger partial charge in [0, 0.05) is 12.5 Å². The third kappa shape index (κ3) is 0.829. The summed E-state index contributed by atoms with van der Waals surface area (Å²) in [7, 11) is 1.15. The molecule has 74 valence electrons. The fourth-order valence-corrected chi connectivity index (χ4v) is 2.27. The highest BCUT2D eigenvalue weighted by Gasteiger charge is 2.85. The van der Waals surface area contributed by atoms with Gasteiger partial charge in [0.05, 0.1) is 7.11 Å². The first-order valence-corrected chi connectivity index (χ1v) is 4.24. The van der Waals surface area contributed by atoms with Crippen molar-refractivity contribution in [3.05, 3.63) is 0 Å². The molecule has 2 aliphatic rings. The van der Waals surface area contributed by atoms with Gasteiger partial charge >= 0.3 is 5.97 Å². The van der Waals surface area contributed by atoms with Gasteiger partial charge in [-0.2, -0.15) is 0 Å². The fraction of sp³-hybridized carbons (Fsp3) is 0.875. The van der Waals surface area contributed by atoms with E-state index in [1.165, 1.54) is 0 Å². The van der Waals surface area contributed by atoms with Crippen LogP contribution in [0, 0.1) is 11.3 Å². The van der Waals surface area contributed by atoms with Crippen molar-refractivity contribution in [3.8, 4) is 0 Å². The molecular formula is C8H11F2NO2. The van der Waals surface area contributed by atoms with E-state index in [0.29, 0.717) is 13.0 Å². The zero-order chi connectivity index (χ0) is 9.69. The largest absolute Gasteiger partial charge is 0.468 e. The van der Waals surface area contributed by atoms with Crippen molar-refractivity contribution in [1.82, 2.24) is 5.32 Å². The Morgan fingerprint density at radius 1 is 1.62 bits per heavy atom. The lowest BCUT2D eigenvalue weighted by atomic mass is 9.99. The maximum Gasteiger partial charge on any atom is 0.319 e. The van der Waals surface area contributed by atoms with Gasteiger partial charge < -0.3 is 10.1 Å². The molecule has 2 fully saturated rings. The van der Waals surface area contributed by atoms with Crippen molar-refractivity contribution in [3.63, 3.8) is 0 Å². The lowest BCUT2D eigenvalue weighted by molar-refractivity contribution is -0.151. The van der Waals surface area contributed by atoms with E-state index in [2.05, 4.69) is 10.1 Å². The number of hydrogen-bond donors (Lipinski definition) is 1. The number of carbonyl (C=O) groups is 1. The molecule has 0 unspecified atom stereocenters. The summed E-state index contributed by atoms with van der Waals surface area (Å²) in [5.41, 5.74) is -1.56. The molecule has 1 heterocycles. The minimum absolute atomic E-state index is 0.0390. The van der Waals surface area contributed by atoms with E-state index < -0.39 is 23.2 Å². The third-order valence-corrected chi connectivity index (χ3v) is 3.11. The lowest BCUT2D eigenvalue weighted by Gasteiger charge is -2.18. The standard InChI is InChI=1S/C8H11F2NO2/c1-13-6(12)7-4-11-3-2-5(7)8(7,9)10/h5,11H,2-4H2,1H3/t5-,7-/m1/s1. The predicted octanol–water partition coefficient (Wildman–Crippen LogP) is 0.404. The van der Waals surface area contributed by atoms with Gasteiger partial charge in [0.15, 0.2) is 5.41 Å². The summed E-state index contributed by atoms with van der Waals surface area (Å²) in [6.45, 7) is 0.594. The SMILES string of the molecule is COC(=O)[C@@]12CNCC[C@H]1C2(F)F. The first-order valence-electron chi connectivity index (χ1n) is 4.24. The van der Waals surface area contributed by atoms with Crippen LogP contribution in [0.2, 0.25) is 0 Å². The second-order valence-corrected chi connectivity index (χ2v) is 3.60. The topological polar surface area (TPSA) is 38.3 Å². The lowest BCUT2D eigenvalue weighted by Crippen LogP contribution is -2.39. The van der Waals surface area contributed by atoms with E-state index in [-0.39, 0.29) is 6.54 Å². The van der Waals surface area contributed by atoms with Gasteiger partial charge in [-0.1, -0.05) is 0 Å². The first-order chi connectivity index (χ1) is 6.07. The molecule has 0 spiro atoms. The number of hydrogen-bond acceptors (Lipinski definition) is 3. The molecule has 0 aromatic rings. The molecule has 1 N–H and O–H groups in total. The second kappa shape index (κ2) is 2.41. The highest BCUT2D eigenvalue weighted by atomic mass is 19.3. The highest BCUT2D eigenvalue weighted by Crippen LogP contribution is 2.68. The maximum atomic E-state index is 13.3. The highest BCUT2D eigenvalue weighted by molar-refractivity contribution is 5.83. The molecular weight excluding hydrogens is 180 g/mol. The van der Waals surface area contributed by atoms with Crippen LogP contribution in [0.15, 0.2) is 0 Å². The molecule has 0 amide bonds. The molecule has 13 heavy (non-hydrogen) atoms. The van der Waals surface area contributed by atoms with E-state index in [9.17, 15) is 13.6 Å². The molecule has 1 aliphatic carbocycles. The number of piperidine rings is 1. The van der Waals surface area contributed by atoms with Gasteiger partial charge in [0.1, 0.15) is 0 Å². The summed E-state index contributed by atoms with van der Waals surface area (Å²) < 4.78 is 30.9. The van der Waals surface area contributed by atoms with Crippen molar-refractivity contribution in [2.75, 3.05) is 20.2 Å². The Kier molecular flexibility index (Phi) is 1.64. The number of ether oxygens (including phenoxy) is 1. The second-order valence-electron chi connectivity index (χ2n) is 3.60. The number of alkyl halides is 2. The fourth-order valence-electron chi connectivity index (χ4n) is 2.27. The van der Waals surface area contributed by atoms with Gasteiger partial charge in [0.25, 0.3) is 5.92 Å². The number of methoxy groups -OCH3 is 1. The Balaban J connectivity index is 2.26. The molecule has 1 aliphatic heterocycles. The van der Waals surface area contributed by atoms with Crippen molar-refractivity contribution >= 4 is 5.97 Å². The van der Waals surface area contributed by atoms with Gasteiger partial charge in [-0.3, -0.25) is 4.79 Å². The maximum absolute atomic E-state index is 13.3. The van der Waals surface area contributed by atoms with E-state index in [1.807, 2.05) is 0 Å². The summed E-state index contributed by atoms with van der Waals surface area (Å²) in [6, 6.07) is 0. The van der Waals surface area contributed by atoms with Crippen molar-refractivity contribution in [1.29, 1.82) is 0 Å². The van der Waals surface area contributed by atoms with E-state index >= 15 is 0 Å². The van der Waals surface area contributed by atoms with E-state index in [1.54, 1.807) is 0 Å². The molecule has 0 radical (unpaired) electrons. The summed E-state index contributed by atoms with van der Waals surface area (Å²) in [5.74, 6) is -4.47. The van der Waals surface area contributed by atoms with Crippen LogP contribution < -0.4 is 5.32 Å². The molecule has 0 aromatic heterocycles.